The molecule has 0 fully saturated rings. The van der Waals surface area contributed by atoms with Crippen LogP contribution < -0.4 is 4.90 Å². The first kappa shape index (κ1) is 13.6. The van der Waals surface area contributed by atoms with Crippen LogP contribution in [0.3, 0.4) is 0 Å². The SMILES string of the molecule is CN(C)CCCN1C(=O)C(=O)c2cc(F)cc(F)c21. The Labute approximate surface area is 109 Å². The first-order valence-electron chi connectivity index (χ1n) is 5.92. The largest absolute Gasteiger partial charge is 0.309 e. The number of hydrogen-bond donors (Lipinski definition) is 0. The number of carbonyl (C=O) groups is 2. The zero-order valence-electron chi connectivity index (χ0n) is 10.7. The Balaban J connectivity index is 2.28. The first-order valence-corrected chi connectivity index (χ1v) is 5.92. The van der Waals surface area contributed by atoms with Crippen molar-refractivity contribution < 1.29 is 18.4 Å². The number of carbonyl (C=O) groups excluding carboxylic acids is 2. The molecule has 0 N–H and O–H groups in total. The molecule has 1 aliphatic rings. The van der Waals surface area contributed by atoms with Crippen LogP contribution in [-0.2, 0) is 4.79 Å². The fraction of sp³-hybridized carbons (Fsp3) is 0.385. The Kier molecular flexibility index (Phi) is 3.61. The number of fused-ring (bicyclic) bond motifs is 1. The van der Waals surface area contributed by atoms with Crippen LogP contribution >= 0.6 is 0 Å². The highest BCUT2D eigenvalue weighted by atomic mass is 19.1. The van der Waals surface area contributed by atoms with Crippen molar-refractivity contribution in [1.29, 1.82) is 0 Å². The van der Waals surface area contributed by atoms with Gasteiger partial charge in [-0.05, 0) is 33.1 Å². The Hall–Kier alpha value is -1.82. The highest BCUT2D eigenvalue weighted by Gasteiger charge is 2.38. The molecule has 0 atom stereocenters. The van der Waals surface area contributed by atoms with E-state index in [2.05, 4.69) is 0 Å². The normalized spacial score (nSPS) is 14.5. The maximum Gasteiger partial charge on any atom is 0.299 e. The molecule has 1 amide bonds. The van der Waals surface area contributed by atoms with Crippen LogP contribution in [0.1, 0.15) is 16.8 Å². The van der Waals surface area contributed by atoms with E-state index in [0.29, 0.717) is 19.0 Å². The summed E-state index contributed by atoms with van der Waals surface area (Å²) >= 11 is 0. The van der Waals surface area contributed by atoms with E-state index in [-0.39, 0.29) is 17.8 Å². The molecule has 0 unspecified atom stereocenters. The lowest BCUT2D eigenvalue weighted by molar-refractivity contribution is -0.114. The second-order valence-corrected chi connectivity index (χ2v) is 4.73. The van der Waals surface area contributed by atoms with Crippen molar-refractivity contribution in [3.05, 3.63) is 29.3 Å². The fourth-order valence-electron chi connectivity index (χ4n) is 2.11. The summed E-state index contributed by atoms with van der Waals surface area (Å²) in [5, 5.41) is 0. The topological polar surface area (TPSA) is 40.6 Å². The van der Waals surface area contributed by atoms with E-state index in [1.165, 1.54) is 0 Å². The monoisotopic (exact) mass is 268 g/mol. The van der Waals surface area contributed by atoms with Crippen molar-refractivity contribution in [2.75, 3.05) is 32.1 Å². The zero-order valence-corrected chi connectivity index (χ0v) is 10.7. The minimum absolute atomic E-state index is 0.102. The molecule has 0 aliphatic carbocycles. The molecule has 102 valence electrons. The molecule has 6 heteroatoms. The molecule has 1 aromatic carbocycles. The molecule has 4 nitrogen and oxygen atoms in total. The van der Waals surface area contributed by atoms with Crippen molar-refractivity contribution in [1.82, 2.24) is 4.90 Å². The molecule has 0 aromatic heterocycles. The van der Waals surface area contributed by atoms with Crippen LogP contribution in [0, 0.1) is 11.6 Å². The Morgan fingerprint density at radius 3 is 2.53 bits per heavy atom. The lowest BCUT2D eigenvalue weighted by Crippen LogP contribution is -2.32. The molecule has 0 radical (unpaired) electrons. The second kappa shape index (κ2) is 5.05. The molecular weight excluding hydrogens is 254 g/mol. The van der Waals surface area contributed by atoms with E-state index in [1.807, 2.05) is 19.0 Å². The minimum atomic E-state index is -0.876. The molecule has 1 aliphatic heterocycles. The van der Waals surface area contributed by atoms with Crippen LogP contribution in [0.2, 0.25) is 0 Å². The van der Waals surface area contributed by atoms with E-state index in [1.54, 1.807) is 0 Å². The number of benzene rings is 1. The molecule has 19 heavy (non-hydrogen) atoms. The summed E-state index contributed by atoms with van der Waals surface area (Å²) in [4.78, 5) is 26.5. The minimum Gasteiger partial charge on any atom is -0.309 e. The van der Waals surface area contributed by atoms with E-state index < -0.39 is 23.3 Å². The molecule has 1 aromatic rings. The molecule has 0 saturated carbocycles. The molecule has 0 bridgehead atoms. The third-order valence-electron chi connectivity index (χ3n) is 2.97. The number of Topliss-reactive ketones (excluding diaryl/α,β-unsaturated/α-hetero) is 1. The van der Waals surface area contributed by atoms with Gasteiger partial charge in [-0.2, -0.15) is 0 Å². The summed E-state index contributed by atoms with van der Waals surface area (Å²) in [7, 11) is 3.75. The summed E-state index contributed by atoms with van der Waals surface area (Å²) < 4.78 is 26.8. The first-order chi connectivity index (χ1) is 8.91. The van der Waals surface area contributed by atoms with Gasteiger partial charge in [0.25, 0.3) is 11.7 Å². The molecule has 0 spiro atoms. The standard InChI is InChI=1S/C13H14F2N2O2/c1-16(2)4-3-5-17-11-9(12(18)13(17)19)6-8(14)7-10(11)15/h6-7H,3-5H2,1-2H3. The lowest BCUT2D eigenvalue weighted by atomic mass is 10.1. The Morgan fingerprint density at radius 1 is 1.21 bits per heavy atom. The summed E-state index contributed by atoms with van der Waals surface area (Å²) in [6.07, 6.45) is 0.599. The number of rotatable bonds is 4. The quantitative estimate of drug-likeness (QED) is 0.776. The molecule has 1 heterocycles. The van der Waals surface area contributed by atoms with E-state index in [9.17, 15) is 18.4 Å². The number of anilines is 1. The predicted molar refractivity (Wildman–Crippen MR) is 66.2 cm³/mol. The van der Waals surface area contributed by atoms with Gasteiger partial charge >= 0.3 is 0 Å². The van der Waals surface area contributed by atoms with Crippen molar-refractivity contribution in [3.63, 3.8) is 0 Å². The Bertz CT molecular complexity index is 544. The Morgan fingerprint density at radius 2 is 1.89 bits per heavy atom. The summed E-state index contributed by atoms with van der Waals surface area (Å²) in [5.74, 6) is -3.37. The number of ketones is 1. The third kappa shape index (κ3) is 2.49. The predicted octanol–water partition coefficient (Wildman–Crippen LogP) is 1.45. The van der Waals surface area contributed by atoms with Gasteiger partial charge in [0, 0.05) is 12.6 Å². The van der Waals surface area contributed by atoms with E-state index in [4.69, 9.17) is 0 Å². The number of halogens is 2. The van der Waals surface area contributed by atoms with Gasteiger partial charge in [-0.15, -0.1) is 0 Å². The van der Waals surface area contributed by atoms with Crippen molar-refractivity contribution >= 4 is 17.4 Å². The molecule has 2 rings (SSSR count). The van der Waals surface area contributed by atoms with Crippen LogP contribution in [0.5, 0.6) is 0 Å². The van der Waals surface area contributed by atoms with E-state index >= 15 is 0 Å². The van der Waals surface area contributed by atoms with Crippen LogP contribution in [0.25, 0.3) is 0 Å². The fourth-order valence-corrected chi connectivity index (χ4v) is 2.11. The average Bonchev–Trinajstić information content (AvgIpc) is 2.54. The van der Waals surface area contributed by atoms with Gasteiger partial charge in [-0.3, -0.25) is 9.59 Å². The maximum absolute atomic E-state index is 13.7. The van der Waals surface area contributed by atoms with Gasteiger partial charge in [0.1, 0.15) is 5.82 Å². The van der Waals surface area contributed by atoms with Gasteiger partial charge in [-0.1, -0.05) is 0 Å². The highest BCUT2D eigenvalue weighted by Crippen LogP contribution is 2.32. The average molecular weight is 268 g/mol. The summed E-state index contributed by atoms with van der Waals surface area (Å²) in [6, 6.07) is 1.59. The van der Waals surface area contributed by atoms with Crippen molar-refractivity contribution in [2.45, 2.75) is 6.42 Å². The lowest BCUT2D eigenvalue weighted by Gasteiger charge is -2.18. The van der Waals surface area contributed by atoms with E-state index in [0.717, 1.165) is 11.0 Å². The summed E-state index contributed by atoms with van der Waals surface area (Å²) in [5.41, 5.74) is -0.289. The second-order valence-electron chi connectivity index (χ2n) is 4.73. The van der Waals surface area contributed by atoms with Crippen LogP contribution in [-0.4, -0.2) is 43.8 Å². The summed E-state index contributed by atoms with van der Waals surface area (Å²) in [6.45, 7) is 0.939. The maximum atomic E-state index is 13.7. The number of hydrogen-bond acceptors (Lipinski definition) is 3. The van der Waals surface area contributed by atoms with Gasteiger partial charge in [0.05, 0.1) is 11.3 Å². The molecule has 0 saturated heterocycles. The smallest absolute Gasteiger partial charge is 0.299 e. The van der Waals surface area contributed by atoms with Crippen LogP contribution in [0.15, 0.2) is 12.1 Å². The van der Waals surface area contributed by atoms with Crippen molar-refractivity contribution in [2.24, 2.45) is 0 Å². The zero-order chi connectivity index (χ0) is 14.2. The van der Waals surface area contributed by atoms with Crippen LogP contribution in [0.4, 0.5) is 14.5 Å². The van der Waals surface area contributed by atoms with Gasteiger partial charge in [0.2, 0.25) is 0 Å². The number of nitrogens with zero attached hydrogens (tertiary/aromatic N) is 2. The number of amides is 1. The molecular formula is C13H14F2N2O2. The van der Waals surface area contributed by atoms with Gasteiger partial charge < -0.3 is 9.80 Å². The third-order valence-corrected chi connectivity index (χ3v) is 2.97. The van der Waals surface area contributed by atoms with Gasteiger partial charge in [-0.25, -0.2) is 8.78 Å². The van der Waals surface area contributed by atoms with Crippen molar-refractivity contribution in [3.8, 4) is 0 Å². The highest BCUT2D eigenvalue weighted by molar-refractivity contribution is 6.52. The van der Waals surface area contributed by atoms with Gasteiger partial charge in [0.15, 0.2) is 5.82 Å².